The van der Waals surface area contributed by atoms with Crippen molar-refractivity contribution in [3.63, 3.8) is 0 Å². The number of rotatable bonds is 11. The zero-order valence-electron chi connectivity index (χ0n) is 74.6. The van der Waals surface area contributed by atoms with Crippen molar-refractivity contribution in [2.24, 2.45) is 0 Å². The van der Waals surface area contributed by atoms with Crippen molar-refractivity contribution in [2.45, 2.75) is 105 Å². The van der Waals surface area contributed by atoms with E-state index in [9.17, 15) is 26.4 Å². The van der Waals surface area contributed by atoms with Crippen LogP contribution in [0.2, 0.25) is 5.15 Å². The van der Waals surface area contributed by atoms with Gasteiger partial charge in [0.25, 0.3) is 20.0 Å². The predicted molar refractivity (Wildman–Crippen MR) is 574 cm³/mol. The van der Waals surface area contributed by atoms with Crippen molar-refractivity contribution in [2.75, 3.05) is 4.43 Å². The van der Waals surface area contributed by atoms with Gasteiger partial charge < -0.3 is 46.6 Å². The number of halogens is 7. The van der Waals surface area contributed by atoms with Gasteiger partial charge in [-0.05, 0) is 205 Å². The number of hydrogen-bond acceptors (Lipinski definition) is 23. The van der Waals surface area contributed by atoms with Gasteiger partial charge in [-0.15, -0.1) is 0 Å². The third kappa shape index (κ3) is 35.8. The first-order chi connectivity index (χ1) is 62.0. The number of aromatic amines is 1. The summed E-state index contributed by atoms with van der Waals surface area (Å²) in [5, 5.41) is 30.6. The summed E-state index contributed by atoms with van der Waals surface area (Å²) in [5.74, 6) is 0.134. The van der Waals surface area contributed by atoms with Crippen molar-refractivity contribution in [3.05, 3.63) is 312 Å². The Morgan fingerprint density at radius 2 is 0.827 bits per heavy atom. The van der Waals surface area contributed by atoms with E-state index in [0.29, 0.717) is 50.8 Å². The summed E-state index contributed by atoms with van der Waals surface area (Å²) < 4.78 is 74.5. The van der Waals surface area contributed by atoms with Crippen LogP contribution in [0.25, 0.3) is 99.5 Å². The van der Waals surface area contributed by atoms with Gasteiger partial charge in [-0.2, -0.15) is 6.92 Å². The Balaban J connectivity index is 0.000000326. The van der Waals surface area contributed by atoms with Crippen molar-refractivity contribution in [1.82, 2.24) is 71.9 Å². The number of nitrogens with zero attached hydrogens (tertiary/aromatic N) is 14. The van der Waals surface area contributed by atoms with Crippen LogP contribution < -0.4 is 39.7 Å². The fourth-order valence-corrected chi connectivity index (χ4v) is 14.6. The smallest absolute Gasteiger partial charge is 0.870 e. The maximum atomic E-state index is 12.9. The molecule has 0 unspecified atom stereocenters. The minimum atomic E-state index is -3.64. The number of carbonyl (C=O) groups excluding carboxylic acids is 2. The third-order valence-corrected chi connectivity index (χ3v) is 20.4. The number of fused-ring (bicyclic) bond motifs is 5. The molecule has 0 saturated carbocycles. The summed E-state index contributed by atoms with van der Waals surface area (Å²) >= 11 is 19.9. The van der Waals surface area contributed by atoms with E-state index in [1.54, 1.807) is 217 Å². The normalized spacial score (nSPS) is 10.6. The quantitative estimate of drug-likeness (QED) is 0.0307. The second kappa shape index (κ2) is 58.3. The largest absolute Gasteiger partial charge is 1.00 e. The van der Waals surface area contributed by atoms with Crippen molar-refractivity contribution >= 4 is 254 Å². The Morgan fingerprint density at radius 1 is 0.496 bits per heavy atom. The second-order valence-electron chi connectivity index (χ2n) is 28.1. The van der Waals surface area contributed by atoms with Crippen LogP contribution in [0.1, 0.15) is 83.1 Å². The van der Waals surface area contributed by atoms with E-state index in [2.05, 4.69) is 218 Å². The summed E-state index contributed by atoms with van der Waals surface area (Å²) in [6.07, 6.45) is 30.6. The van der Waals surface area contributed by atoms with Gasteiger partial charge >= 0.3 is 56.5 Å². The van der Waals surface area contributed by atoms with Crippen LogP contribution in [0.3, 0.4) is 0 Å². The first kappa shape index (κ1) is 118. The van der Waals surface area contributed by atoms with Gasteiger partial charge in [0.1, 0.15) is 15.8 Å². The summed E-state index contributed by atoms with van der Waals surface area (Å²) in [7, 11) is -8.11. The monoisotopic (exact) mass is 2570 g/mol. The van der Waals surface area contributed by atoms with Crippen molar-refractivity contribution in [3.8, 4) is 50.9 Å². The van der Waals surface area contributed by atoms with Gasteiger partial charge in [0.2, 0.25) is 0 Å². The first-order valence-electron chi connectivity index (χ1n) is 39.7. The fourth-order valence-electron chi connectivity index (χ4n) is 11.6. The maximum absolute atomic E-state index is 12.9. The van der Waals surface area contributed by atoms with E-state index in [0.717, 1.165) is 68.5 Å². The van der Waals surface area contributed by atoms with Crippen LogP contribution in [0.5, 0.6) is 5.88 Å². The molecule has 28 nitrogen and oxygen atoms in total. The molecule has 15 aromatic heterocycles. The van der Waals surface area contributed by atoms with Gasteiger partial charge in [0, 0.05) is 197 Å². The van der Waals surface area contributed by atoms with Gasteiger partial charge in [0.05, 0.1) is 56.6 Å². The number of H-pyrrole nitrogens is 1. The predicted octanol–water partition coefficient (Wildman–Crippen LogP) is 19.6. The number of benzene rings is 2. The molecular weight excluding hydrogens is 2480 g/mol. The molecule has 133 heavy (non-hydrogen) atoms. The molecule has 0 atom stereocenters. The van der Waals surface area contributed by atoms with E-state index in [1.165, 1.54) is 46.3 Å². The Morgan fingerprint density at radius 3 is 1.22 bits per heavy atom. The molecule has 0 aliphatic carbocycles. The molecule has 17 rings (SSSR count). The van der Waals surface area contributed by atoms with E-state index >= 15 is 0 Å². The summed E-state index contributed by atoms with van der Waals surface area (Å²) in [5.41, 5.74) is 9.84. The van der Waals surface area contributed by atoms with Gasteiger partial charge in [-0.3, -0.25) is 49.4 Å². The number of ether oxygens (including phenoxy) is 2. The molecule has 0 aliphatic rings. The molecule has 17 aromatic rings. The number of aromatic nitrogens is 15. The molecule has 0 aliphatic heterocycles. The molecule has 0 fully saturated rings. The third-order valence-electron chi connectivity index (χ3n) is 16.7. The van der Waals surface area contributed by atoms with Crippen LogP contribution in [-0.4, -0.2) is 153 Å². The average molecular weight is 2580 g/mol. The number of hydrogen-bond donors (Lipinski definition) is 4. The Hall–Kier alpha value is -7.50. The van der Waals surface area contributed by atoms with E-state index in [4.69, 9.17) is 40.8 Å². The average Bonchev–Trinajstić information content (AvgIpc) is 1.59. The first-order valence-corrected chi connectivity index (χ1v) is 50.2. The Bertz CT molecular complexity index is 6610. The molecule has 0 amide bonds. The molecule has 2 aromatic carbocycles. The molecule has 0 spiro atoms. The second-order valence-corrected chi connectivity index (χ2v) is 52.4. The van der Waals surface area contributed by atoms with Crippen LogP contribution in [0.4, 0.5) is 9.59 Å². The number of alkyl halides is 6. The standard InChI is InChI=1S/C18H13N3O2S.C17H17BN3O4.C17H17N3O2.C13H9ClN2O2S.C12H9N3.C5H6BNO2.C2H3I3.C2H4I2.C2H5I.C2H6.C2H5.Na.H2O.V/c22-24(23,15-4-2-1-3-5-15)21-13-9-16-17(21)8-12-20-18(16)14-6-10-19-11-7-14;1-17(2,3)24-16(22)21-13-6-9-20-15(11-4-7-19-8-5-11)12(13)10-14(21)25-18-23;1-17(2,3)22-16(21)20-11-7-13-14(20)6-10-19-15(13)12-4-8-18-9-5-12;14-13-11-7-9-16(12(11)6-8-15-13)19(17,18)10-4-2-1-3-5-10;1-5-13-6-2-9(1)12-10-3-7-14-11(10)4-8-15-12;8-6(9)5-1-3-7-4-2-5;1-2(3,4)5;1-2(3)4;1-2-3;2*1-2;;;/h1-13H;4-10,23H,1-3H3;4-11H,1-3H3;1-9H;1-8,14H;1-4,8-9H;1H3;2H,1H3;2H2,1H3;1-2H3;1H2,2H3;;1H2;/q;;;;;;;;;;-1;+1;;/p-1. The molecule has 15 heterocycles. The molecule has 690 valence electrons. The fraction of sp³-hybridized carbons (Fsp3) is 0.185. The van der Waals surface area contributed by atoms with Crippen LogP contribution in [-0.2, 0) is 48.1 Å². The maximum Gasteiger partial charge on any atom is 1.00 e. The number of nitrogens with one attached hydrogen (secondary N) is 1. The van der Waals surface area contributed by atoms with Gasteiger partial charge in [0.15, 0.2) is 5.88 Å². The van der Waals surface area contributed by atoms with Crippen LogP contribution in [0.15, 0.2) is 310 Å². The zero-order chi connectivity index (χ0) is 95.4. The van der Waals surface area contributed by atoms with Crippen LogP contribution in [0, 0.1) is 6.92 Å². The Kier molecular flexibility index (Phi) is 51.6. The van der Waals surface area contributed by atoms with Crippen molar-refractivity contribution < 1.29 is 109 Å². The minimum absolute atomic E-state index is 0. The SMILES string of the molecule is CC.CC(C)(C)OC(=O)n1c(O[B]O)cc2c(-c3ccncc3)nccc21.CC(C)(C)OC(=O)n1ccc2c(-c3ccncc3)nccc21.CC(I)(I)I.CC(I)I.CCI.O=S(=O)(c1ccccc1)n1ccc2c(-c3ccncc3)nccc21.O=S(=O)(c1ccccc1)n1ccc2c(Cl)nccc21.OB(O)c1ccncc1.[CH2-]C.[Na+].[OH-].[V].c1cc(-c2nccc3[nH]ccc23)ccn1. The topological polar surface area (TPSA) is 385 Å². The molecular formula is C92H95B2ClI6N15NaO13S2V-. The van der Waals surface area contributed by atoms with E-state index < -0.39 is 50.6 Å². The number of carbonyl (C=O) groups is 2. The molecule has 0 saturated heterocycles. The summed E-state index contributed by atoms with van der Waals surface area (Å²) in [4.78, 5) is 69.9. The minimum Gasteiger partial charge on any atom is -0.870 e. The van der Waals surface area contributed by atoms with Crippen molar-refractivity contribution in [1.29, 1.82) is 0 Å². The molecule has 0 bridgehead atoms. The van der Waals surface area contributed by atoms with Gasteiger partial charge in [-0.1, -0.05) is 204 Å². The van der Waals surface area contributed by atoms with E-state index in [1.807, 2.05) is 120 Å². The van der Waals surface area contributed by atoms with E-state index in [-0.39, 0.29) is 69.3 Å². The summed E-state index contributed by atoms with van der Waals surface area (Å²) in [6, 6.07) is 52.6. The molecule has 41 heteroatoms. The zero-order valence-corrected chi connectivity index (χ0v) is 93.3. The van der Waals surface area contributed by atoms with Crippen LogP contribution >= 0.6 is 147 Å². The number of pyridine rings is 10. The summed E-state index contributed by atoms with van der Waals surface area (Å²) in [6.45, 7) is 26.3. The molecule has 2 radical (unpaired) electrons. The molecule has 5 N–H and O–H groups in total. The Labute approximate surface area is 896 Å². The van der Waals surface area contributed by atoms with Gasteiger partial charge in [-0.25, -0.2) is 43.9 Å².